The van der Waals surface area contributed by atoms with Crippen LogP contribution in [-0.2, 0) is 4.79 Å². The summed E-state index contributed by atoms with van der Waals surface area (Å²) in [6, 6.07) is 7.71. The van der Waals surface area contributed by atoms with E-state index in [0.717, 1.165) is 35.9 Å². The van der Waals surface area contributed by atoms with Crippen LogP contribution in [0.25, 0.3) is 0 Å². The predicted octanol–water partition coefficient (Wildman–Crippen LogP) is 3.00. The van der Waals surface area contributed by atoms with Crippen LogP contribution in [-0.4, -0.2) is 24.6 Å². The highest BCUT2D eigenvalue weighted by Gasteiger charge is 2.33. The summed E-state index contributed by atoms with van der Waals surface area (Å²) < 4.78 is 6.61. The van der Waals surface area contributed by atoms with Crippen molar-refractivity contribution in [2.24, 2.45) is 5.73 Å². The number of amides is 1. The second-order valence-corrected chi connectivity index (χ2v) is 6.56. The number of hydrogen-bond acceptors (Lipinski definition) is 3. The van der Waals surface area contributed by atoms with E-state index in [1.54, 1.807) is 0 Å². The molecule has 4 nitrogen and oxygen atoms in total. The third-order valence-electron chi connectivity index (χ3n) is 3.97. The van der Waals surface area contributed by atoms with Gasteiger partial charge in [-0.25, -0.2) is 0 Å². The molecule has 1 fully saturated rings. The molecular weight excluding hydrogens is 332 g/mol. The van der Waals surface area contributed by atoms with E-state index < -0.39 is 0 Å². The lowest BCUT2D eigenvalue weighted by molar-refractivity contribution is -0.123. The molecule has 0 unspecified atom stereocenters. The van der Waals surface area contributed by atoms with Gasteiger partial charge in [0.05, 0.1) is 12.1 Å². The zero-order valence-electron chi connectivity index (χ0n) is 12.2. The van der Waals surface area contributed by atoms with E-state index in [1.165, 1.54) is 0 Å². The number of carbonyl (C=O) groups excluding carboxylic acids is 1. The van der Waals surface area contributed by atoms with Crippen molar-refractivity contribution in [1.82, 2.24) is 5.32 Å². The molecule has 1 aromatic rings. The van der Waals surface area contributed by atoms with Crippen molar-refractivity contribution in [2.45, 2.75) is 44.1 Å². The number of carbonyl (C=O) groups is 1. The van der Waals surface area contributed by atoms with E-state index in [4.69, 9.17) is 10.5 Å². The first kappa shape index (κ1) is 16.3. The summed E-state index contributed by atoms with van der Waals surface area (Å²) in [4.78, 5) is 12.0. The van der Waals surface area contributed by atoms with Gasteiger partial charge < -0.3 is 15.8 Å². The maximum absolute atomic E-state index is 12.0. The first-order valence-electron chi connectivity index (χ1n) is 7.53. The molecule has 1 saturated carbocycles. The van der Waals surface area contributed by atoms with E-state index in [0.29, 0.717) is 26.0 Å². The molecule has 0 radical (unpaired) electrons. The Morgan fingerprint density at radius 3 is 2.81 bits per heavy atom. The monoisotopic (exact) mass is 354 g/mol. The molecule has 0 heterocycles. The molecule has 0 aromatic heterocycles. The number of nitrogens with one attached hydrogen (secondary N) is 1. The standard InChI is InChI=1S/C16H23BrN2O2/c17-13-5-3-6-14(11-13)21-10-4-7-15(20)19-16(12-18)8-1-2-9-16/h3,5-6,11H,1-2,4,7-10,12,18H2,(H,19,20). The molecule has 1 aromatic carbocycles. The molecule has 2 rings (SSSR count). The van der Waals surface area contributed by atoms with Crippen LogP contribution in [0.3, 0.4) is 0 Å². The minimum Gasteiger partial charge on any atom is -0.494 e. The number of benzene rings is 1. The van der Waals surface area contributed by atoms with Gasteiger partial charge in [0.1, 0.15) is 5.75 Å². The molecule has 5 heteroatoms. The Morgan fingerprint density at radius 1 is 1.38 bits per heavy atom. The van der Waals surface area contributed by atoms with Crippen LogP contribution in [0.1, 0.15) is 38.5 Å². The van der Waals surface area contributed by atoms with E-state index in [2.05, 4.69) is 21.2 Å². The van der Waals surface area contributed by atoms with Crippen LogP contribution in [0.15, 0.2) is 28.7 Å². The highest BCUT2D eigenvalue weighted by molar-refractivity contribution is 9.10. The molecule has 0 spiro atoms. The van der Waals surface area contributed by atoms with Crippen LogP contribution in [0.2, 0.25) is 0 Å². The van der Waals surface area contributed by atoms with E-state index >= 15 is 0 Å². The highest BCUT2D eigenvalue weighted by Crippen LogP contribution is 2.28. The fourth-order valence-corrected chi connectivity index (χ4v) is 3.15. The fourth-order valence-electron chi connectivity index (χ4n) is 2.77. The summed E-state index contributed by atoms with van der Waals surface area (Å²) in [6.45, 7) is 1.08. The van der Waals surface area contributed by atoms with Crippen molar-refractivity contribution in [3.05, 3.63) is 28.7 Å². The van der Waals surface area contributed by atoms with Gasteiger partial charge in [0.15, 0.2) is 0 Å². The van der Waals surface area contributed by atoms with Gasteiger partial charge in [-0.1, -0.05) is 34.8 Å². The van der Waals surface area contributed by atoms with Gasteiger partial charge in [-0.2, -0.15) is 0 Å². The summed E-state index contributed by atoms with van der Waals surface area (Å²) in [5.41, 5.74) is 5.67. The molecule has 1 aliphatic rings. The fraction of sp³-hybridized carbons (Fsp3) is 0.562. The molecule has 1 aliphatic carbocycles. The van der Waals surface area contributed by atoms with Gasteiger partial charge in [-0.15, -0.1) is 0 Å². The molecule has 3 N–H and O–H groups in total. The number of rotatable bonds is 7. The second-order valence-electron chi connectivity index (χ2n) is 5.65. The lowest BCUT2D eigenvalue weighted by Gasteiger charge is -2.28. The topological polar surface area (TPSA) is 64.3 Å². The summed E-state index contributed by atoms with van der Waals surface area (Å²) in [5, 5.41) is 3.12. The van der Waals surface area contributed by atoms with Gasteiger partial charge in [-0.05, 0) is 37.5 Å². The first-order chi connectivity index (χ1) is 10.1. The van der Waals surface area contributed by atoms with Crippen molar-refractivity contribution in [1.29, 1.82) is 0 Å². The molecule has 0 saturated heterocycles. The van der Waals surface area contributed by atoms with Crippen LogP contribution in [0, 0.1) is 0 Å². The second kappa shape index (κ2) is 7.80. The third kappa shape index (κ3) is 5.00. The average Bonchev–Trinajstić information content (AvgIpc) is 2.93. The van der Waals surface area contributed by atoms with Crippen molar-refractivity contribution < 1.29 is 9.53 Å². The summed E-state index contributed by atoms with van der Waals surface area (Å²) in [7, 11) is 0. The van der Waals surface area contributed by atoms with Crippen LogP contribution >= 0.6 is 15.9 Å². The number of nitrogens with two attached hydrogens (primary N) is 1. The van der Waals surface area contributed by atoms with Crippen molar-refractivity contribution in [3.63, 3.8) is 0 Å². The van der Waals surface area contributed by atoms with Gasteiger partial charge in [0, 0.05) is 17.4 Å². The van der Waals surface area contributed by atoms with Crippen molar-refractivity contribution in [3.8, 4) is 5.75 Å². The Hall–Kier alpha value is -1.07. The Labute approximate surface area is 134 Å². The minimum absolute atomic E-state index is 0.0835. The van der Waals surface area contributed by atoms with Crippen molar-refractivity contribution in [2.75, 3.05) is 13.2 Å². The SMILES string of the molecule is NCC1(NC(=O)CCCOc2cccc(Br)c2)CCCC1. The summed E-state index contributed by atoms with van der Waals surface area (Å²) in [6.07, 6.45) is 5.51. The predicted molar refractivity (Wildman–Crippen MR) is 87.3 cm³/mol. The molecule has 1 amide bonds. The maximum Gasteiger partial charge on any atom is 0.220 e. The number of hydrogen-bond donors (Lipinski definition) is 2. The molecule has 0 bridgehead atoms. The molecular formula is C16H23BrN2O2. The highest BCUT2D eigenvalue weighted by atomic mass is 79.9. The van der Waals surface area contributed by atoms with Gasteiger partial charge in [-0.3, -0.25) is 4.79 Å². The number of halogens is 1. The van der Waals surface area contributed by atoms with Crippen LogP contribution in [0.5, 0.6) is 5.75 Å². The zero-order chi connectivity index (χ0) is 15.1. The third-order valence-corrected chi connectivity index (χ3v) is 4.46. The zero-order valence-corrected chi connectivity index (χ0v) is 13.8. The van der Waals surface area contributed by atoms with Gasteiger partial charge >= 0.3 is 0 Å². The Balaban J connectivity index is 1.67. The lowest BCUT2D eigenvalue weighted by Crippen LogP contribution is -2.51. The lowest BCUT2D eigenvalue weighted by atomic mass is 9.97. The van der Waals surface area contributed by atoms with Gasteiger partial charge in [0.25, 0.3) is 0 Å². The molecule has 0 atom stereocenters. The van der Waals surface area contributed by atoms with Crippen LogP contribution < -0.4 is 15.8 Å². The number of ether oxygens (including phenoxy) is 1. The maximum atomic E-state index is 12.0. The minimum atomic E-state index is -0.151. The Morgan fingerprint density at radius 2 is 2.14 bits per heavy atom. The Bertz CT molecular complexity index is 473. The molecule has 116 valence electrons. The van der Waals surface area contributed by atoms with Gasteiger partial charge in [0.2, 0.25) is 5.91 Å². The average molecular weight is 355 g/mol. The smallest absolute Gasteiger partial charge is 0.220 e. The normalized spacial score (nSPS) is 16.7. The van der Waals surface area contributed by atoms with E-state index in [1.807, 2.05) is 24.3 Å². The quantitative estimate of drug-likeness (QED) is 0.739. The summed E-state index contributed by atoms with van der Waals surface area (Å²) >= 11 is 3.40. The van der Waals surface area contributed by atoms with E-state index in [-0.39, 0.29) is 11.4 Å². The van der Waals surface area contributed by atoms with Crippen molar-refractivity contribution >= 4 is 21.8 Å². The molecule has 21 heavy (non-hydrogen) atoms. The van der Waals surface area contributed by atoms with E-state index in [9.17, 15) is 4.79 Å². The largest absolute Gasteiger partial charge is 0.494 e. The molecule has 0 aliphatic heterocycles. The first-order valence-corrected chi connectivity index (χ1v) is 8.32. The summed E-state index contributed by atoms with van der Waals surface area (Å²) in [5.74, 6) is 0.902. The van der Waals surface area contributed by atoms with Crippen LogP contribution in [0.4, 0.5) is 0 Å². The Kier molecular flexibility index (Phi) is 6.06.